The summed E-state index contributed by atoms with van der Waals surface area (Å²) in [6, 6.07) is 6.91. The van der Waals surface area contributed by atoms with Gasteiger partial charge in [0.2, 0.25) is 0 Å². The highest BCUT2D eigenvalue weighted by Crippen LogP contribution is 2.18. The Morgan fingerprint density at radius 1 is 1.33 bits per heavy atom. The molecule has 114 valence electrons. The number of benzene rings is 1. The molecule has 1 atom stereocenters. The van der Waals surface area contributed by atoms with E-state index in [1.165, 1.54) is 0 Å². The van der Waals surface area contributed by atoms with Gasteiger partial charge in [-0.05, 0) is 42.9 Å². The third-order valence-corrected chi connectivity index (χ3v) is 3.84. The lowest BCUT2D eigenvalue weighted by atomic mass is 10.0. The second-order valence-electron chi connectivity index (χ2n) is 5.72. The SMILES string of the molecule is CC1CCCN(C(=O)Nc2cccc(CC(=O)O)c2)CC1. The van der Waals surface area contributed by atoms with E-state index in [0.717, 1.165) is 32.4 Å². The topological polar surface area (TPSA) is 69.6 Å². The van der Waals surface area contributed by atoms with Gasteiger partial charge in [0.25, 0.3) is 0 Å². The molecule has 5 nitrogen and oxygen atoms in total. The maximum absolute atomic E-state index is 12.3. The van der Waals surface area contributed by atoms with Gasteiger partial charge in [-0.3, -0.25) is 4.79 Å². The van der Waals surface area contributed by atoms with Crippen LogP contribution in [0.4, 0.5) is 10.5 Å². The number of carbonyl (C=O) groups excluding carboxylic acids is 1. The summed E-state index contributed by atoms with van der Waals surface area (Å²) in [4.78, 5) is 24.8. The number of nitrogens with one attached hydrogen (secondary N) is 1. The highest BCUT2D eigenvalue weighted by Gasteiger charge is 2.18. The Labute approximate surface area is 125 Å². The third-order valence-electron chi connectivity index (χ3n) is 3.84. The van der Waals surface area contributed by atoms with E-state index in [9.17, 15) is 9.59 Å². The molecule has 2 amide bonds. The molecule has 2 N–H and O–H groups in total. The molecule has 1 saturated heterocycles. The summed E-state index contributed by atoms with van der Waals surface area (Å²) in [5.74, 6) is -0.207. The molecular formula is C16H22N2O3. The Balaban J connectivity index is 1.97. The van der Waals surface area contributed by atoms with Gasteiger partial charge in [0, 0.05) is 18.8 Å². The van der Waals surface area contributed by atoms with E-state index in [2.05, 4.69) is 12.2 Å². The molecule has 0 aliphatic carbocycles. The fourth-order valence-corrected chi connectivity index (χ4v) is 2.60. The van der Waals surface area contributed by atoms with E-state index in [1.807, 2.05) is 4.90 Å². The molecule has 0 spiro atoms. The van der Waals surface area contributed by atoms with Gasteiger partial charge in [-0.1, -0.05) is 19.1 Å². The zero-order valence-electron chi connectivity index (χ0n) is 12.3. The predicted octanol–water partition coefficient (Wildman–Crippen LogP) is 2.97. The van der Waals surface area contributed by atoms with Crippen LogP contribution in [0.2, 0.25) is 0 Å². The molecule has 1 aromatic rings. The number of aliphatic carboxylic acids is 1. The van der Waals surface area contributed by atoms with Crippen molar-refractivity contribution < 1.29 is 14.7 Å². The summed E-state index contributed by atoms with van der Waals surface area (Å²) >= 11 is 0. The molecule has 0 bridgehead atoms. The van der Waals surface area contributed by atoms with E-state index in [-0.39, 0.29) is 12.5 Å². The van der Waals surface area contributed by atoms with E-state index < -0.39 is 5.97 Å². The molecule has 1 unspecified atom stereocenters. The molecule has 21 heavy (non-hydrogen) atoms. The van der Waals surface area contributed by atoms with E-state index in [0.29, 0.717) is 17.2 Å². The molecule has 0 aromatic heterocycles. The van der Waals surface area contributed by atoms with Crippen LogP contribution >= 0.6 is 0 Å². The van der Waals surface area contributed by atoms with E-state index in [4.69, 9.17) is 5.11 Å². The molecule has 2 rings (SSSR count). The van der Waals surface area contributed by atoms with Crippen molar-refractivity contribution in [1.82, 2.24) is 4.90 Å². The summed E-state index contributed by atoms with van der Waals surface area (Å²) in [5, 5.41) is 11.7. The normalized spacial score (nSPS) is 18.9. The van der Waals surface area contributed by atoms with Gasteiger partial charge in [-0.25, -0.2) is 4.79 Å². The van der Waals surface area contributed by atoms with Gasteiger partial charge in [0.15, 0.2) is 0 Å². The minimum atomic E-state index is -0.875. The van der Waals surface area contributed by atoms with Gasteiger partial charge >= 0.3 is 12.0 Å². The Morgan fingerprint density at radius 2 is 2.14 bits per heavy atom. The van der Waals surface area contributed by atoms with Gasteiger partial charge in [0.1, 0.15) is 0 Å². The lowest BCUT2D eigenvalue weighted by Gasteiger charge is -2.21. The first-order valence-corrected chi connectivity index (χ1v) is 7.41. The maximum Gasteiger partial charge on any atom is 0.321 e. The van der Waals surface area contributed by atoms with Gasteiger partial charge in [0.05, 0.1) is 6.42 Å². The molecule has 1 heterocycles. The first-order chi connectivity index (χ1) is 10.0. The number of carbonyl (C=O) groups is 2. The van der Waals surface area contributed by atoms with Gasteiger partial charge in [-0.2, -0.15) is 0 Å². The number of amides is 2. The maximum atomic E-state index is 12.3. The lowest BCUT2D eigenvalue weighted by molar-refractivity contribution is -0.136. The van der Waals surface area contributed by atoms with Crippen LogP contribution in [0.3, 0.4) is 0 Å². The van der Waals surface area contributed by atoms with Crippen molar-refractivity contribution in [1.29, 1.82) is 0 Å². The lowest BCUT2D eigenvalue weighted by Crippen LogP contribution is -2.35. The largest absolute Gasteiger partial charge is 0.481 e. The highest BCUT2D eigenvalue weighted by atomic mass is 16.4. The summed E-state index contributed by atoms with van der Waals surface area (Å²) in [6.07, 6.45) is 3.20. The number of likely N-dealkylation sites (tertiary alicyclic amines) is 1. The van der Waals surface area contributed by atoms with Crippen molar-refractivity contribution >= 4 is 17.7 Å². The highest BCUT2D eigenvalue weighted by molar-refractivity contribution is 5.89. The third kappa shape index (κ3) is 4.77. The van der Waals surface area contributed by atoms with E-state index >= 15 is 0 Å². The summed E-state index contributed by atoms with van der Waals surface area (Å²) in [5.41, 5.74) is 1.33. The minimum Gasteiger partial charge on any atom is -0.481 e. The molecule has 1 aliphatic heterocycles. The van der Waals surface area contributed by atoms with E-state index in [1.54, 1.807) is 24.3 Å². The zero-order valence-corrected chi connectivity index (χ0v) is 12.3. The monoisotopic (exact) mass is 290 g/mol. The molecule has 0 radical (unpaired) electrons. The Morgan fingerprint density at radius 3 is 2.90 bits per heavy atom. The van der Waals surface area contributed by atoms with Crippen LogP contribution in [-0.4, -0.2) is 35.1 Å². The Bertz CT molecular complexity index is 516. The summed E-state index contributed by atoms with van der Waals surface area (Å²) in [7, 11) is 0. The summed E-state index contributed by atoms with van der Waals surface area (Å²) < 4.78 is 0. The number of hydrogen-bond donors (Lipinski definition) is 2. The molecule has 0 saturated carbocycles. The fraction of sp³-hybridized carbons (Fsp3) is 0.500. The van der Waals surface area contributed by atoms with Crippen LogP contribution in [0.5, 0.6) is 0 Å². The second-order valence-corrected chi connectivity index (χ2v) is 5.72. The van der Waals surface area contributed by atoms with Crippen LogP contribution in [0, 0.1) is 5.92 Å². The number of hydrogen-bond acceptors (Lipinski definition) is 2. The smallest absolute Gasteiger partial charge is 0.321 e. The van der Waals surface area contributed by atoms with Crippen LogP contribution in [0.1, 0.15) is 31.7 Å². The minimum absolute atomic E-state index is 0.0368. The molecule has 1 fully saturated rings. The van der Waals surface area contributed by atoms with Crippen molar-refractivity contribution in [3.8, 4) is 0 Å². The number of rotatable bonds is 3. The number of carboxylic acids is 1. The average Bonchev–Trinajstić information content (AvgIpc) is 2.63. The number of anilines is 1. The van der Waals surface area contributed by atoms with Crippen LogP contribution < -0.4 is 5.32 Å². The summed E-state index contributed by atoms with van der Waals surface area (Å²) in [6.45, 7) is 3.78. The number of carboxylic acid groups (broad SMARTS) is 1. The van der Waals surface area contributed by atoms with Gasteiger partial charge in [-0.15, -0.1) is 0 Å². The molecule has 1 aromatic carbocycles. The molecule has 1 aliphatic rings. The predicted molar refractivity (Wildman–Crippen MR) is 81.4 cm³/mol. The number of urea groups is 1. The van der Waals surface area contributed by atoms with Crippen LogP contribution in [0.25, 0.3) is 0 Å². The first kappa shape index (κ1) is 15.4. The Kier molecular flexibility index (Phi) is 5.20. The average molecular weight is 290 g/mol. The fourth-order valence-electron chi connectivity index (χ4n) is 2.60. The van der Waals surface area contributed by atoms with Crippen molar-refractivity contribution in [2.24, 2.45) is 5.92 Å². The standard InChI is InChI=1S/C16H22N2O3/c1-12-4-3-8-18(9-7-12)16(21)17-14-6-2-5-13(10-14)11-15(19)20/h2,5-6,10,12H,3-4,7-9,11H2,1H3,(H,17,21)(H,19,20). The zero-order chi connectivity index (χ0) is 15.2. The van der Waals surface area contributed by atoms with Crippen LogP contribution in [0.15, 0.2) is 24.3 Å². The molecular weight excluding hydrogens is 268 g/mol. The first-order valence-electron chi connectivity index (χ1n) is 7.41. The molecule has 5 heteroatoms. The van der Waals surface area contributed by atoms with Crippen LogP contribution in [-0.2, 0) is 11.2 Å². The van der Waals surface area contributed by atoms with Crippen molar-refractivity contribution in [3.63, 3.8) is 0 Å². The van der Waals surface area contributed by atoms with Crippen molar-refractivity contribution in [3.05, 3.63) is 29.8 Å². The number of nitrogens with zero attached hydrogens (tertiary/aromatic N) is 1. The van der Waals surface area contributed by atoms with Gasteiger partial charge < -0.3 is 15.3 Å². The van der Waals surface area contributed by atoms with Crippen molar-refractivity contribution in [2.75, 3.05) is 18.4 Å². The second kappa shape index (κ2) is 7.11. The quantitative estimate of drug-likeness (QED) is 0.899. The van der Waals surface area contributed by atoms with Crippen molar-refractivity contribution in [2.45, 2.75) is 32.6 Å². The Hall–Kier alpha value is -2.04.